The average Bonchev–Trinajstić information content (AvgIpc) is 3.34. The van der Waals surface area contributed by atoms with Gasteiger partial charge < -0.3 is 10.1 Å². The largest absolute Gasteiger partial charge is 0.497 e. The Kier molecular flexibility index (Phi) is 9.16. The van der Waals surface area contributed by atoms with Crippen molar-refractivity contribution in [2.24, 2.45) is 5.92 Å². The molecular weight excluding hydrogens is 448 g/mol. The second kappa shape index (κ2) is 12.3. The standard InChI is InChI=1S/C26H32N4O3S/c1-5-7-8-18-9-11-19(12-10-18)23(31)27-22(17(3)6-2)24(32)28-26-30-29-25(34-26)20-13-15-21(33-4)16-14-20/h9-17,22H,5-8H2,1-4H3,(H,27,31)(H,28,30,32). The number of aryl methyl sites for hydroxylation is 1. The molecule has 2 aromatic carbocycles. The summed E-state index contributed by atoms with van der Waals surface area (Å²) in [7, 11) is 1.61. The van der Waals surface area contributed by atoms with Crippen LogP contribution < -0.4 is 15.4 Å². The third-order valence-corrected chi connectivity index (χ3v) is 6.70. The van der Waals surface area contributed by atoms with Crippen LogP contribution in [0.3, 0.4) is 0 Å². The summed E-state index contributed by atoms with van der Waals surface area (Å²) in [6.45, 7) is 6.09. The van der Waals surface area contributed by atoms with Crippen LogP contribution >= 0.6 is 11.3 Å². The van der Waals surface area contributed by atoms with E-state index >= 15 is 0 Å². The molecule has 2 amide bonds. The van der Waals surface area contributed by atoms with Gasteiger partial charge >= 0.3 is 0 Å². The van der Waals surface area contributed by atoms with E-state index in [1.165, 1.54) is 16.9 Å². The van der Waals surface area contributed by atoms with Crippen LogP contribution in [0.5, 0.6) is 5.75 Å². The first-order chi connectivity index (χ1) is 16.4. The van der Waals surface area contributed by atoms with E-state index in [2.05, 4.69) is 27.8 Å². The molecule has 0 saturated carbocycles. The first-order valence-electron chi connectivity index (χ1n) is 11.6. The fourth-order valence-corrected chi connectivity index (χ4v) is 4.19. The van der Waals surface area contributed by atoms with Crippen molar-refractivity contribution in [3.63, 3.8) is 0 Å². The zero-order valence-corrected chi connectivity index (χ0v) is 20.9. The monoisotopic (exact) mass is 480 g/mol. The lowest BCUT2D eigenvalue weighted by atomic mass is 9.97. The summed E-state index contributed by atoms with van der Waals surface area (Å²) >= 11 is 1.28. The first-order valence-corrected chi connectivity index (χ1v) is 12.4. The summed E-state index contributed by atoms with van der Waals surface area (Å²) in [5.41, 5.74) is 2.63. The number of nitrogens with one attached hydrogen (secondary N) is 2. The Morgan fingerprint density at radius 1 is 1.03 bits per heavy atom. The molecule has 8 heteroatoms. The Bertz CT molecular complexity index is 1080. The van der Waals surface area contributed by atoms with Crippen LogP contribution in [-0.4, -0.2) is 35.2 Å². The molecule has 0 aliphatic rings. The van der Waals surface area contributed by atoms with Crippen LogP contribution in [0.1, 0.15) is 56.0 Å². The van der Waals surface area contributed by atoms with Gasteiger partial charge in [-0.1, -0.05) is 57.1 Å². The van der Waals surface area contributed by atoms with E-state index in [1.54, 1.807) is 7.11 Å². The molecule has 3 aromatic rings. The predicted molar refractivity (Wildman–Crippen MR) is 136 cm³/mol. The highest BCUT2D eigenvalue weighted by Gasteiger charge is 2.27. The average molecular weight is 481 g/mol. The number of hydrogen-bond acceptors (Lipinski definition) is 6. The normalized spacial score (nSPS) is 12.6. The maximum absolute atomic E-state index is 13.1. The summed E-state index contributed by atoms with van der Waals surface area (Å²) in [6, 6.07) is 14.4. The van der Waals surface area contributed by atoms with Crippen molar-refractivity contribution in [1.29, 1.82) is 0 Å². The van der Waals surface area contributed by atoms with E-state index in [4.69, 9.17) is 4.74 Å². The van der Waals surface area contributed by atoms with Gasteiger partial charge in [-0.05, 0) is 60.7 Å². The predicted octanol–water partition coefficient (Wildman–Crippen LogP) is 5.34. The van der Waals surface area contributed by atoms with Gasteiger partial charge in [0, 0.05) is 11.1 Å². The lowest BCUT2D eigenvalue weighted by Gasteiger charge is -2.23. The summed E-state index contributed by atoms with van der Waals surface area (Å²) in [6.07, 6.45) is 3.98. The Morgan fingerprint density at radius 3 is 2.35 bits per heavy atom. The third-order valence-electron chi connectivity index (χ3n) is 5.81. The number of amides is 2. The molecule has 1 heterocycles. The number of anilines is 1. The first kappa shape index (κ1) is 25.4. The molecule has 3 rings (SSSR count). The number of carbonyl (C=O) groups excluding carboxylic acids is 2. The number of nitrogens with zero attached hydrogens (tertiary/aromatic N) is 2. The molecule has 0 saturated heterocycles. The van der Waals surface area contributed by atoms with E-state index in [1.807, 2.05) is 62.4 Å². The van der Waals surface area contributed by atoms with E-state index in [9.17, 15) is 9.59 Å². The van der Waals surface area contributed by atoms with Crippen molar-refractivity contribution in [3.05, 3.63) is 59.7 Å². The number of ether oxygens (including phenoxy) is 1. The van der Waals surface area contributed by atoms with Gasteiger partial charge in [-0.25, -0.2) is 0 Å². The lowest BCUT2D eigenvalue weighted by molar-refractivity contribution is -0.119. The van der Waals surface area contributed by atoms with Gasteiger partial charge in [0.1, 0.15) is 16.8 Å². The van der Waals surface area contributed by atoms with E-state index in [-0.39, 0.29) is 17.7 Å². The summed E-state index contributed by atoms with van der Waals surface area (Å²) in [5, 5.41) is 15.1. The number of methoxy groups -OCH3 is 1. The molecule has 180 valence electrons. The van der Waals surface area contributed by atoms with Crippen LogP contribution in [0.2, 0.25) is 0 Å². The van der Waals surface area contributed by atoms with Gasteiger partial charge in [-0.3, -0.25) is 14.9 Å². The van der Waals surface area contributed by atoms with Crippen molar-refractivity contribution < 1.29 is 14.3 Å². The molecule has 7 nitrogen and oxygen atoms in total. The third kappa shape index (κ3) is 6.63. The van der Waals surface area contributed by atoms with Crippen molar-refractivity contribution in [1.82, 2.24) is 15.5 Å². The van der Waals surface area contributed by atoms with E-state index < -0.39 is 6.04 Å². The van der Waals surface area contributed by atoms with Gasteiger partial charge in [0.2, 0.25) is 11.0 Å². The van der Waals surface area contributed by atoms with Crippen molar-refractivity contribution in [2.45, 2.75) is 52.5 Å². The summed E-state index contributed by atoms with van der Waals surface area (Å²) in [4.78, 5) is 26.0. The van der Waals surface area contributed by atoms with Crippen LogP contribution in [0.15, 0.2) is 48.5 Å². The topological polar surface area (TPSA) is 93.2 Å². The number of unbranched alkanes of at least 4 members (excludes halogenated alkanes) is 1. The number of hydrogen-bond donors (Lipinski definition) is 2. The molecule has 1 aromatic heterocycles. The highest BCUT2D eigenvalue weighted by atomic mass is 32.1. The second-order valence-electron chi connectivity index (χ2n) is 8.27. The van der Waals surface area contributed by atoms with Gasteiger partial charge in [0.25, 0.3) is 5.91 Å². The minimum atomic E-state index is -0.689. The maximum Gasteiger partial charge on any atom is 0.251 e. The molecule has 0 aliphatic heterocycles. The molecule has 0 bridgehead atoms. The number of rotatable bonds is 11. The van der Waals surface area contributed by atoms with Gasteiger partial charge in [0.05, 0.1) is 7.11 Å². The maximum atomic E-state index is 13.1. The molecule has 2 N–H and O–H groups in total. The molecular formula is C26H32N4O3S. The number of benzene rings is 2. The minimum Gasteiger partial charge on any atom is -0.497 e. The molecule has 2 atom stereocenters. The second-order valence-corrected chi connectivity index (χ2v) is 9.24. The highest BCUT2D eigenvalue weighted by molar-refractivity contribution is 7.18. The van der Waals surface area contributed by atoms with Crippen LogP contribution in [0.4, 0.5) is 5.13 Å². The van der Waals surface area contributed by atoms with Crippen molar-refractivity contribution in [3.8, 4) is 16.3 Å². The Hall–Kier alpha value is -3.26. The molecule has 0 aliphatic carbocycles. The van der Waals surface area contributed by atoms with Gasteiger partial charge in [-0.15, -0.1) is 10.2 Å². The zero-order valence-electron chi connectivity index (χ0n) is 20.1. The van der Waals surface area contributed by atoms with Gasteiger partial charge in [-0.2, -0.15) is 0 Å². The molecule has 0 radical (unpaired) electrons. The quantitative estimate of drug-likeness (QED) is 0.386. The van der Waals surface area contributed by atoms with Crippen molar-refractivity contribution in [2.75, 3.05) is 12.4 Å². The van der Waals surface area contributed by atoms with E-state index in [0.29, 0.717) is 15.7 Å². The zero-order chi connectivity index (χ0) is 24.5. The summed E-state index contributed by atoms with van der Waals surface area (Å²) in [5.74, 6) is 0.129. The smallest absolute Gasteiger partial charge is 0.251 e. The highest BCUT2D eigenvalue weighted by Crippen LogP contribution is 2.28. The Balaban J connectivity index is 1.67. The lowest BCUT2D eigenvalue weighted by Crippen LogP contribution is -2.47. The van der Waals surface area contributed by atoms with Crippen LogP contribution in [0, 0.1) is 5.92 Å². The fraction of sp³-hybridized carbons (Fsp3) is 0.385. The SMILES string of the molecule is CCCCc1ccc(C(=O)NC(C(=O)Nc2nnc(-c3ccc(OC)cc3)s2)C(C)CC)cc1. The molecule has 0 fully saturated rings. The molecule has 0 spiro atoms. The number of aromatic nitrogens is 2. The van der Waals surface area contributed by atoms with Crippen LogP contribution in [0.25, 0.3) is 10.6 Å². The Morgan fingerprint density at radius 2 is 1.74 bits per heavy atom. The molecule has 34 heavy (non-hydrogen) atoms. The van der Waals surface area contributed by atoms with Gasteiger partial charge in [0.15, 0.2) is 0 Å². The van der Waals surface area contributed by atoms with E-state index in [0.717, 1.165) is 37.0 Å². The van der Waals surface area contributed by atoms with Crippen LogP contribution in [-0.2, 0) is 11.2 Å². The molecule has 2 unspecified atom stereocenters. The van der Waals surface area contributed by atoms with Crippen molar-refractivity contribution >= 4 is 28.3 Å². The summed E-state index contributed by atoms with van der Waals surface area (Å²) < 4.78 is 5.18. The Labute approximate surface area is 205 Å². The number of carbonyl (C=O) groups is 2. The minimum absolute atomic E-state index is 0.0539. The fourth-order valence-electron chi connectivity index (χ4n) is 3.44.